The molecule has 2 N–H and O–H groups in total. The number of piperazine rings is 1. The number of anilines is 1. The summed E-state index contributed by atoms with van der Waals surface area (Å²) in [5.74, 6) is -1.98. The summed E-state index contributed by atoms with van der Waals surface area (Å²) in [6.07, 6.45) is 0.235. The van der Waals surface area contributed by atoms with E-state index in [-0.39, 0.29) is 12.3 Å². The summed E-state index contributed by atoms with van der Waals surface area (Å²) < 4.78 is 5.76. The Morgan fingerprint density at radius 2 is 1.44 bits per heavy atom. The lowest BCUT2D eigenvalue weighted by atomic mass is 9.76. The van der Waals surface area contributed by atoms with Crippen molar-refractivity contribution in [2.75, 3.05) is 31.1 Å². The number of benzene rings is 2. The maximum atomic E-state index is 13.4. The third-order valence-corrected chi connectivity index (χ3v) is 7.65. The summed E-state index contributed by atoms with van der Waals surface area (Å²) in [4.78, 5) is 44.5. The molecule has 1 aliphatic carbocycles. The quantitative estimate of drug-likeness (QED) is 0.503. The zero-order valence-corrected chi connectivity index (χ0v) is 20.2. The first-order chi connectivity index (χ1) is 17.5. The van der Waals surface area contributed by atoms with E-state index in [2.05, 4.69) is 17.0 Å². The molecular formula is C27H32N4O5. The van der Waals surface area contributed by atoms with Crippen LogP contribution in [0.4, 0.5) is 10.5 Å². The van der Waals surface area contributed by atoms with Gasteiger partial charge in [0, 0.05) is 45.0 Å². The van der Waals surface area contributed by atoms with E-state index < -0.39 is 29.9 Å². The van der Waals surface area contributed by atoms with Gasteiger partial charge in [0.2, 0.25) is 11.8 Å². The molecule has 9 nitrogen and oxygen atoms in total. The van der Waals surface area contributed by atoms with Gasteiger partial charge in [0.25, 0.3) is 0 Å². The third kappa shape index (κ3) is 5.02. The Morgan fingerprint density at radius 3 is 2.08 bits per heavy atom. The van der Waals surface area contributed by atoms with Crippen molar-refractivity contribution >= 4 is 23.6 Å². The summed E-state index contributed by atoms with van der Waals surface area (Å²) in [6, 6.07) is 18.0. The number of amides is 3. The lowest BCUT2D eigenvalue weighted by Crippen LogP contribution is -2.53. The average Bonchev–Trinajstić information content (AvgIpc) is 3.37. The molecule has 3 atom stereocenters. The first-order valence-corrected chi connectivity index (χ1v) is 12.6. The van der Waals surface area contributed by atoms with Crippen LogP contribution in [0.15, 0.2) is 54.6 Å². The van der Waals surface area contributed by atoms with Gasteiger partial charge in [-0.3, -0.25) is 19.7 Å². The largest absolute Gasteiger partial charge is 0.446 e. The molecule has 2 heterocycles. The SMILES string of the molecule is O=C(NO)[C@H]1C[C@H](OC(=O)N2Cc3ccccc3C2)CC[C@@H]1C(=O)N1CCN(c2ccccc2)CC1. The molecule has 2 fully saturated rings. The summed E-state index contributed by atoms with van der Waals surface area (Å²) >= 11 is 0. The number of nitrogens with zero attached hydrogens (tertiary/aromatic N) is 3. The van der Waals surface area contributed by atoms with Gasteiger partial charge in [0.05, 0.1) is 11.8 Å². The van der Waals surface area contributed by atoms with E-state index in [1.165, 1.54) is 0 Å². The average molecular weight is 493 g/mol. The van der Waals surface area contributed by atoms with Gasteiger partial charge >= 0.3 is 6.09 Å². The highest BCUT2D eigenvalue weighted by atomic mass is 16.6. The monoisotopic (exact) mass is 492 g/mol. The molecule has 1 saturated carbocycles. The number of carbonyl (C=O) groups is 3. The minimum Gasteiger partial charge on any atom is -0.446 e. The lowest BCUT2D eigenvalue weighted by molar-refractivity contribution is -0.149. The molecule has 36 heavy (non-hydrogen) atoms. The Labute approximate surface area is 210 Å². The second-order valence-electron chi connectivity index (χ2n) is 9.78. The number of nitrogens with one attached hydrogen (secondary N) is 1. The molecule has 2 aromatic carbocycles. The van der Waals surface area contributed by atoms with Crippen LogP contribution in [0.5, 0.6) is 0 Å². The maximum Gasteiger partial charge on any atom is 0.410 e. The molecule has 9 heteroatoms. The number of rotatable bonds is 4. The second kappa shape index (κ2) is 10.6. The Bertz CT molecular complexity index is 1080. The second-order valence-corrected chi connectivity index (χ2v) is 9.78. The van der Waals surface area contributed by atoms with Gasteiger partial charge < -0.3 is 14.5 Å². The van der Waals surface area contributed by atoms with Gasteiger partial charge in [-0.1, -0.05) is 42.5 Å². The first kappa shape index (κ1) is 24.1. The first-order valence-electron chi connectivity index (χ1n) is 12.6. The number of fused-ring (bicyclic) bond motifs is 1. The maximum absolute atomic E-state index is 13.4. The molecule has 2 aromatic rings. The minimum absolute atomic E-state index is 0.0731. The van der Waals surface area contributed by atoms with Gasteiger partial charge in [-0.05, 0) is 42.5 Å². The predicted octanol–water partition coefficient (Wildman–Crippen LogP) is 2.78. The van der Waals surface area contributed by atoms with E-state index in [0.29, 0.717) is 39.0 Å². The summed E-state index contributed by atoms with van der Waals surface area (Å²) in [7, 11) is 0. The molecular weight excluding hydrogens is 460 g/mol. The fraction of sp³-hybridized carbons (Fsp3) is 0.444. The van der Waals surface area contributed by atoms with Crippen LogP contribution in [0.25, 0.3) is 0 Å². The van der Waals surface area contributed by atoms with Gasteiger partial charge in [-0.25, -0.2) is 10.3 Å². The van der Waals surface area contributed by atoms with Crippen molar-refractivity contribution in [2.45, 2.75) is 38.5 Å². The number of carbonyl (C=O) groups excluding carboxylic acids is 3. The molecule has 0 bridgehead atoms. The highest BCUT2D eigenvalue weighted by molar-refractivity contribution is 5.87. The van der Waals surface area contributed by atoms with Crippen LogP contribution in [0.1, 0.15) is 30.4 Å². The Hall–Kier alpha value is -3.59. The lowest BCUT2D eigenvalue weighted by Gasteiger charge is -2.40. The molecule has 0 unspecified atom stereocenters. The number of hydrogen-bond acceptors (Lipinski definition) is 6. The highest BCUT2D eigenvalue weighted by Crippen LogP contribution is 2.35. The van der Waals surface area contributed by atoms with Gasteiger partial charge in [0.15, 0.2) is 0 Å². The normalized spacial score (nSPS) is 23.7. The van der Waals surface area contributed by atoms with E-state index in [0.717, 1.165) is 29.9 Å². The van der Waals surface area contributed by atoms with Crippen LogP contribution >= 0.6 is 0 Å². The summed E-state index contributed by atoms with van der Waals surface area (Å²) in [6.45, 7) is 3.59. The Balaban J connectivity index is 1.18. The van der Waals surface area contributed by atoms with E-state index in [1.54, 1.807) is 10.4 Å². The predicted molar refractivity (Wildman–Crippen MR) is 132 cm³/mol. The number of para-hydroxylation sites is 1. The van der Waals surface area contributed by atoms with Crippen molar-refractivity contribution in [1.82, 2.24) is 15.3 Å². The molecule has 0 radical (unpaired) electrons. The van der Waals surface area contributed by atoms with Crippen LogP contribution in [0.3, 0.4) is 0 Å². The van der Waals surface area contributed by atoms with Crippen LogP contribution in [-0.4, -0.2) is 65.2 Å². The Morgan fingerprint density at radius 1 is 0.806 bits per heavy atom. The van der Waals surface area contributed by atoms with Gasteiger partial charge in [-0.2, -0.15) is 0 Å². The molecule has 0 aromatic heterocycles. The van der Waals surface area contributed by atoms with E-state index in [1.807, 2.05) is 47.4 Å². The molecule has 190 valence electrons. The van der Waals surface area contributed by atoms with Crippen LogP contribution in [0.2, 0.25) is 0 Å². The topological polar surface area (TPSA) is 102 Å². The van der Waals surface area contributed by atoms with Crippen molar-refractivity contribution in [3.05, 3.63) is 65.7 Å². The number of hydrogen-bond donors (Lipinski definition) is 2. The van der Waals surface area contributed by atoms with Crippen molar-refractivity contribution in [3.8, 4) is 0 Å². The van der Waals surface area contributed by atoms with Crippen molar-refractivity contribution in [1.29, 1.82) is 0 Å². The zero-order chi connectivity index (χ0) is 25.1. The molecule has 1 saturated heterocycles. The van der Waals surface area contributed by atoms with Gasteiger partial charge in [0.1, 0.15) is 6.10 Å². The smallest absolute Gasteiger partial charge is 0.410 e. The van der Waals surface area contributed by atoms with Crippen molar-refractivity contribution in [3.63, 3.8) is 0 Å². The van der Waals surface area contributed by atoms with E-state index >= 15 is 0 Å². The van der Waals surface area contributed by atoms with Gasteiger partial charge in [-0.15, -0.1) is 0 Å². The highest BCUT2D eigenvalue weighted by Gasteiger charge is 2.43. The molecule has 3 amide bonds. The fourth-order valence-corrected chi connectivity index (χ4v) is 5.64. The standard InChI is InChI=1S/C27H32N4O5/c32-25(28-35)24-16-22(36-27(34)31-17-19-6-4-5-7-20(19)18-31)10-11-23(24)26(33)30-14-12-29(13-15-30)21-8-2-1-3-9-21/h1-9,22-24,35H,10-18H2,(H,28,32)/t22-,23+,24+/m1/s1. The number of ether oxygens (including phenoxy) is 1. The molecule has 3 aliphatic rings. The van der Waals surface area contributed by atoms with E-state index in [9.17, 15) is 19.6 Å². The molecule has 0 spiro atoms. The van der Waals surface area contributed by atoms with Crippen LogP contribution in [-0.2, 0) is 27.4 Å². The number of hydroxylamine groups is 1. The Kier molecular flexibility index (Phi) is 7.09. The third-order valence-electron chi connectivity index (χ3n) is 7.65. The summed E-state index contributed by atoms with van der Waals surface area (Å²) in [5, 5.41) is 9.35. The van der Waals surface area contributed by atoms with Crippen LogP contribution in [0, 0.1) is 11.8 Å². The molecule has 2 aliphatic heterocycles. The minimum atomic E-state index is -0.753. The summed E-state index contributed by atoms with van der Waals surface area (Å²) in [5.41, 5.74) is 5.06. The fourth-order valence-electron chi connectivity index (χ4n) is 5.64. The van der Waals surface area contributed by atoms with E-state index in [4.69, 9.17) is 4.74 Å². The molecule has 5 rings (SSSR count). The van der Waals surface area contributed by atoms with Crippen molar-refractivity contribution < 1.29 is 24.3 Å². The van der Waals surface area contributed by atoms with Crippen molar-refractivity contribution in [2.24, 2.45) is 11.8 Å². The zero-order valence-electron chi connectivity index (χ0n) is 20.2. The van der Waals surface area contributed by atoms with Crippen LogP contribution < -0.4 is 10.4 Å².